The highest BCUT2D eigenvalue weighted by molar-refractivity contribution is 7.99. The minimum absolute atomic E-state index is 0.0828. The second-order valence-corrected chi connectivity index (χ2v) is 8.27. The lowest BCUT2D eigenvalue weighted by Gasteiger charge is -2.10. The second-order valence-electron chi connectivity index (χ2n) is 6.92. The van der Waals surface area contributed by atoms with Crippen LogP contribution in [0.3, 0.4) is 0 Å². The minimum atomic E-state index is -0.176. The number of rotatable bonds is 10. The molecule has 0 radical (unpaired) electrons. The highest BCUT2D eigenvalue weighted by Crippen LogP contribution is 2.27. The van der Waals surface area contributed by atoms with Crippen LogP contribution in [-0.2, 0) is 4.79 Å². The number of amides is 2. The van der Waals surface area contributed by atoms with E-state index in [2.05, 4.69) is 22.5 Å². The van der Waals surface area contributed by atoms with Gasteiger partial charge in [-0.15, -0.1) is 0 Å². The van der Waals surface area contributed by atoms with Crippen molar-refractivity contribution in [2.45, 2.75) is 24.9 Å². The summed E-state index contributed by atoms with van der Waals surface area (Å²) in [4.78, 5) is 28.9. The summed E-state index contributed by atoms with van der Waals surface area (Å²) in [6, 6.07) is 12.4. The van der Waals surface area contributed by atoms with E-state index in [1.807, 2.05) is 22.9 Å². The molecule has 0 aliphatic carbocycles. The quantitative estimate of drug-likeness (QED) is 0.327. The Labute approximate surface area is 196 Å². The molecule has 0 atom stereocenters. The number of nitrogens with zero attached hydrogens (tertiary/aromatic N) is 2. The second kappa shape index (κ2) is 11.6. The third-order valence-electron chi connectivity index (χ3n) is 4.60. The Bertz CT molecular complexity index is 1070. The smallest absolute Gasteiger partial charge is 0.251 e. The van der Waals surface area contributed by atoms with E-state index in [-0.39, 0.29) is 17.6 Å². The molecule has 0 saturated heterocycles. The van der Waals surface area contributed by atoms with Crippen LogP contribution in [0.4, 0.5) is 5.69 Å². The average molecular weight is 473 g/mol. The molecule has 1 heterocycles. The summed E-state index contributed by atoms with van der Waals surface area (Å²) in [6.45, 7) is 2.75. The van der Waals surface area contributed by atoms with Crippen molar-refractivity contribution < 1.29 is 14.3 Å². The standard InChI is InChI=1S/C23H25ClN4O3S/c1-3-4-11-25-22(30)16-5-8-18(9-6-16)28-13-12-26-23(28)32-15-21(29)27-17-7-10-20(31-2)19(24)14-17/h5-10,12-14H,3-4,11,15H2,1-2H3,(H,25,30)(H,27,29). The number of nitrogens with one attached hydrogen (secondary N) is 2. The lowest BCUT2D eigenvalue weighted by Crippen LogP contribution is -2.24. The summed E-state index contributed by atoms with van der Waals surface area (Å²) >= 11 is 7.42. The van der Waals surface area contributed by atoms with Crippen molar-refractivity contribution in [1.82, 2.24) is 14.9 Å². The van der Waals surface area contributed by atoms with Gasteiger partial charge in [-0.25, -0.2) is 4.98 Å². The van der Waals surface area contributed by atoms with E-state index >= 15 is 0 Å². The number of anilines is 1. The van der Waals surface area contributed by atoms with Crippen molar-refractivity contribution in [3.05, 3.63) is 65.4 Å². The lowest BCUT2D eigenvalue weighted by molar-refractivity contribution is -0.113. The minimum Gasteiger partial charge on any atom is -0.495 e. The third-order valence-corrected chi connectivity index (χ3v) is 5.86. The molecule has 0 aliphatic rings. The van der Waals surface area contributed by atoms with Crippen LogP contribution in [0.2, 0.25) is 5.02 Å². The molecule has 7 nitrogen and oxygen atoms in total. The van der Waals surface area contributed by atoms with Gasteiger partial charge in [-0.05, 0) is 48.9 Å². The van der Waals surface area contributed by atoms with Gasteiger partial charge in [-0.1, -0.05) is 36.7 Å². The van der Waals surface area contributed by atoms with Gasteiger partial charge in [0.1, 0.15) is 5.75 Å². The SMILES string of the molecule is CCCCNC(=O)c1ccc(-n2ccnc2SCC(=O)Nc2ccc(OC)c(Cl)c2)cc1. The number of imidazole rings is 1. The Balaban J connectivity index is 1.59. The van der Waals surface area contributed by atoms with Crippen LogP contribution in [0, 0.1) is 0 Å². The highest BCUT2D eigenvalue weighted by atomic mass is 35.5. The number of carbonyl (C=O) groups is 2. The Kier molecular flexibility index (Phi) is 8.58. The summed E-state index contributed by atoms with van der Waals surface area (Å²) in [6.07, 6.45) is 5.49. The van der Waals surface area contributed by atoms with Crippen molar-refractivity contribution in [1.29, 1.82) is 0 Å². The maximum Gasteiger partial charge on any atom is 0.251 e. The number of ether oxygens (including phenoxy) is 1. The van der Waals surface area contributed by atoms with Crippen LogP contribution >= 0.6 is 23.4 Å². The Morgan fingerprint density at radius 3 is 2.66 bits per heavy atom. The molecule has 2 aromatic carbocycles. The first-order valence-electron chi connectivity index (χ1n) is 10.2. The molecule has 3 aromatic rings. The molecule has 0 fully saturated rings. The van der Waals surface area contributed by atoms with E-state index in [9.17, 15) is 9.59 Å². The molecule has 1 aromatic heterocycles. The van der Waals surface area contributed by atoms with Gasteiger partial charge in [0.05, 0.1) is 17.9 Å². The number of thioether (sulfide) groups is 1. The van der Waals surface area contributed by atoms with Gasteiger partial charge in [0, 0.05) is 35.9 Å². The van der Waals surface area contributed by atoms with Crippen molar-refractivity contribution in [3.63, 3.8) is 0 Å². The molecule has 32 heavy (non-hydrogen) atoms. The van der Waals surface area contributed by atoms with E-state index in [1.54, 1.807) is 36.5 Å². The molecule has 0 saturated carbocycles. The molecular weight excluding hydrogens is 448 g/mol. The maximum absolute atomic E-state index is 12.4. The van der Waals surface area contributed by atoms with Crippen molar-refractivity contribution >= 4 is 40.9 Å². The fourth-order valence-electron chi connectivity index (χ4n) is 2.92. The number of benzene rings is 2. The zero-order chi connectivity index (χ0) is 22.9. The summed E-state index contributed by atoms with van der Waals surface area (Å²) in [7, 11) is 1.54. The van der Waals surface area contributed by atoms with E-state index in [4.69, 9.17) is 16.3 Å². The van der Waals surface area contributed by atoms with Gasteiger partial charge >= 0.3 is 0 Å². The van der Waals surface area contributed by atoms with E-state index in [0.717, 1.165) is 18.5 Å². The number of carbonyl (C=O) groups excluding carboxylic acids is 2. The third kappa shape index (κ3) is 6.27. The largest absolute Gasteiger partial charge is 0.495 e. The number of methoxy groups -OCH3 is 1. The highest BCUT2D eigenvalue weighted by Gasteiger charge is 2.11. The van der Waals surface area contributed by atoms with Gasteiger partial charge in [0.15, 0.2) is 5.16 Å². The molecule has 9 heteroatoms. The van der Waals surface area contributed by atoms with Gasteiger partial charge in [0.25, 0.3) is 5.91 Å². The fraction of sp³-hybridized carbons (Fsp3) is 0.261. The molecule has 168 valence electrons. The predicted molar refractivity (Wildman–Crippen MR) is 128 cm³/mol. The number of halogens is 1. The van der Waals surface area contributed by atoms with Crippen LogP contribution in [0.25, 0.3) is 5.69 Å². The molecule has 3 rings (SSSR count). The first kappa shape index (κ1) is 23.7. The van der Waals surface area contributed by atoms with E-state index in [1.165, 1.54) is 18.9 Å². The van der Waals surface area contributed by atoms with E-state index < -0.39 is 0 Å². The van der Waals surface area contributed by atoms with Gasteiger partial charge in [0.2, 0.25) is 5.91 Å². The molecule has 2 N–H and O–H groups in total. The topological polar surface area (TPSA) is 85.2 Å². The Hall–Kier alpha value is -2.97. The lowest BCUT2D eigenvalue weighted by atomic mass is 10.2. The van der Waals surface area contributed by atoms with Crippen LogP contribution in [0.15, 0.2) is 60.0 Å². The van der Waals surface area contributed by atoms with Crippen molar-refractivity contribution in [2.75, 3.05) is 24.7 Å². The first-order valence-corrected chi connectivity index (χ1v) is 11.6. The number of hydrogen-bond acceptors (Lipinski definition) is 5. The molecular formula is C23H25ClN4O3S. The zero-order valence-corrected chi connectivity index (χ0v) is 19.5. The number of aromatic nitrogens is 2. The predicted octanol–water partition coefficient (Wildman–Crippen LogP) is 4.80. The molecule has 2 amide bonds. The van der Waals surface area contributed by atoms with Crippen LogP contribution in [0.5, 0.6) is 5.75 Å². The van der Waals surface area contributed by atoms with Gasteiger partial charge in [-0.3, -0.25) is 14.2 Å². The average Bonchev–Trinajstić information content (AvgIpc) is 3.27. The Morgan fingerprint density at radius 1 is 1.19 bits per heavy atom. The molecule has 0 unspecified atom stereocenters. The summed E-state index contributed by atoms with van der Waals surface area (Å²) in [5.74, 6) is 0.467. The summed E-state index contributed by atoms with van der Waals surface area (Å²) in [5, 5.41) is 6.82. The molecule has 0 bridgehead atoms. The number of unbranched alkanes of at least 4 members (excludes halogenated alkanes) is 1. The van der Waals surface area contributed by atoms with Crippen molar-refractivity contribution in [2.24, 2.45) is 0 Å². The van der Waals surface area contributed by atoms with Crippen LogP contribution in [0.1, 0.15) is 30.1 Å². The van der Waals surface area contributed by atoms with Crippen molar-refractivity contribution in [3.8, 4) is 11.4 Å². The number of hydrogen-bond donors (Lipinski definition) is 2. The van der Waals surface area contributed by atoms with Crippen LogP contribution in [-0.4, -0.2) is 40.8 Å². The molecule has 0 aliphatic heterocycles. The van der Waals surface area contributed by atoms with E-state index in [0.29, 0.717) is 33.7 Å². The first-order chi connectivity index (χ1) is 15.5. The summed E-state index contributed by atoms with van der Waals surface area (Å²) in [5.41, 5.74) is 2.06. The summed E-state index contributed by atoms with van der Waals surface area (Å²) < 4.78 is 6.99. The maximum atomic E-state index is 12.4. The normalized spacial score (nSPS) is 10.6. The van der Waals surface area contributed by atoms with Gasteiger partial charge < -0.3 is 15.4 Å². The van der Waals surface area contributed by atoms with Gasteiger partial charge in [-0.2, -0.15) is 0 Å². The monoisotopic (exact) mass is 472 g/mol. The fourth-order valence-corrected chi connectivity index (χ4v) is 3.95. The Morgan fingerprint density at radius 2 is 1.97 bits per heavy atom. The zero-order valence-electron chi connectivity index (χ0n) is 17.9. The molecule has 0 spiro atoms. The van der Waals surface area contributed by atoms with Crippen LogP contribution < -0.4 is 15.4 Å².